The van der Waals surface area contributed by atoms with E-state index in [0.717, 1.165) is 30.5 Å². The van der Waals surface area contributed by atoms with Crippen LogP contribution in [-0.2, 0) is 0 Å². The van der Waals surface area contributed by atoms with E-state index in [9.17, 15) is 0 Å². The van der Waals surface area contributed by atoms with E-state index >= 15 is 0 Å². The van der Waals surface area contributed by atoms with Crippen LogP contribution in [0.1, 0.15) is 19.8 Å². The second-order valence-corrected chi connectivity index (χ2v) is 4.77. The molecular formula is C16H28IN3O2. The van der Waals surface area contributed by atoms with Crippen LogP contribution < -0.4 is 14.8 Å². The highest BCUT2D eigenvalue weighted by Gasteiger charge is 2.04. The molecule has 0 spiro atoms. The minimum Gasteiger partial charge on any atom is -0.497 e. The average molecular weight is 421 g/mol. The molecule has 0 unspecified atom stereocenters. The maximum atomic E-state index is 5.67. The van der Waals surface area contributed by atoms with Crippen molar-refractivity contribution in [3.8, 4) is 11.5 Å². The first-order chi connectivity index (χ1) is 10.2. The van der Waals surface area contributed by atoms with Gasteiger partial charge in [0.05, 0.1) is 13.7 Å². The highest BCUT2D eigenvalue weighted by Crippen LogP contribution is 2.16. The second kappa shape index (κ2) is 12.4. The summed E-state index contributed by atoms with van der Waals surface area (Å²) in [7, 11) is 5.50. The van der Waals surface area contributed by atoms with E-state index in [2.05, 4.69) is 29.2 Å². The Morgan fingerprint density at radius 1 is 1.23 bits per heavy atom. The highest BCUT2D eigenvalue weighted by atomic mass is 127. The van der Waals surface area contributed by atoms with Crippen LogP contribution in [0.3, 0.4) is 0 Å². The number of nitrogens with zero attached hydrogens (tertiary/aromatic N) is 2. The van der Waals surface area contributed by atoms with Gasteiger partial charge in [0.15, 0.2) is 5.96 Å². The van der Waals surface area contributed by atoms with Crippen molar-refractivity contribution in [1.82, 2.24) is 10.2 Å². The molecule has 0 fully saturated rings. The van der Waals surface area contributed by atoms with Gasteiger partial charge in [0, 0.05) is 20.6 Å². The van der Waals surface area contributed by atoms with Gasteiger partial charge in [-0.1, -0.05) is 13.3 Å². The molecule has 0 aliphatic carbocycles. The molecule has 6 heteroatoms. The Kier molecular flexibility index (Phi) is 11.7. The van der Waals surface area contributed by atoms with Crippen LogP contribution in [0.15, 0.2) is 29.3 Å². The molecule has 0 radical (unpaired) electrons. The van der Waals surface area contributed by atoms with E-state index in [-0.39, 0.29) is 24.0 Å². The molecule has 5 nitrogen and oxygen atoms in total. The van der Waals surface area contributed by atoms with Crippen LogP contribution in [0.25, 0.3) is 0 Å². The second-order valence-electron chi connectivity index (χ2n) is 4.77. The van der Waals surface area contributed by atoms with Crippen LogP contribution >= 0.6 is 24.0 Å². The van der Waals surface area contributed by atoms with E-state index < -0.39 is 0 Å². The lowest BCUT2D eigenvalue weighted by atomic mass is 10.3. The predicted octanol–water partition coefficient (Wildman–Crippen LogP) is 3.00. The molecule has 0 aliphatic heterocycles. The summed E-state index contributed by atoms with van der Waals surface area (Å²) in [5.41, 5.74) is 0. The van der Waals surface area contributed by atoms with Crippen molar-refractivity contribution in [1.29, 1.82) is 0 Å². The van der Waals surface area contributed by atoms with Gasteiger partial charge in [-0.25, -0.2) is 0 Å². The van der Waals surface area contributed by atoms with Gasteiger partial charge in [-0.2, -0.15) is 0 Å². The lowest BCUT2D eigenvalue weighted by Crippen LogP contribution is -2.41. The normalized spacial score (nSPS) is 10.6. The molecule has 0 atom stereocenters. The SMILES string of the molecule is CCCCN(C)C(=NC)NCCOc1ccc(OC)cc1.I. The summed E-state index contributed by atoms with van der Waals surface area (Å²) in [6.45, 7) is 4.50. The molecule has 0 amide bonds. The maximum absolute atomic E-state index is 5.67. The van der Waals surface area contributed by atoms with Gasteiger partial charge in [0.25, 0.3) is 0 Å². The van der Waals surface area contributed by atoms with Crippen molar-refractivity contribution in [3.63, 3.8) is 0 Å². The average Bonchev–Trinajstić information content (AvgIpc) is 2.53. The number of unbranched alkanes of at least 4 members (excludes halogenated alkanes) is 1. The third kappa shape index (κ3) is 7.72. The van der Waals surface area contributed by atoms with Crippen LogP contribution in [0, 0.1) is 0 Å². The van der Waals surface area contributed by atoms with Crippen molar-refractivity contribution < 1.29 is 9.47 Å². The minimum absolute atomic E-state index is 0. The number of hydrogen-bond acceptors (Lipinski definition) is 3. The summed E-state index contributed by atoms with van der Waals surface area (Å²) in [5.74, 6) is 2.58. The topological polar surface area (TPSA) is 46.1 Å². The van der Waals surface area contributed by atoms with Gasteiger partial charge in [-0.05, 0) is 30.7 Å². The first-order valence-corrected chi connectivity index (χ1v) is 7.40. The molecule has 1 aromatic rings. The summed E-state index contributed by atoms with van der Waals surface area (Å²) in [4.78, 5) is 6.40. The van der Waals surface area contributed by atoms with E-state index in [1.165, 1.54) is 12.8 Å². The van der Waals surface area contributed by atoms with Crippen molar-refractivity contribution in [2.24, 2.45) is 4.99 Å². The molecular weight excluding hydrogens is 393 g/mol. The fraction of sp³-hybridized carbons (Fsp3) is 0.562. The van der Waals surface area contributed by atoms with Crippen LogP contribution in [0.2, 0.25) is 0 Å². The Morgan fingerprint density at radius 2 is 1.86 bits per heavy atom. The Morgan fingerprint density at radius 3 is 2.41 bits per heavy atom. The Bertz CT molecular complexity index is 424. The maximum Gasteiger partial charge on any atom is 0.193 e. The Balaban J connectivity index is 0.00000441. The van der Waals surface area contributed by atoms with E-state index in [4.69, 9.17) is 9.47 Å². The van der Waals surface area contributed by atoms with Crippen molar-refractivity contribution in [2.45, 2.75) is 19.8 Å². The van der Waals surface area contributed by atoms with Gasteiger partial charge in [-0.3, -0.25) is 4.99 Å². The van der Waals surface area contributed by atoms with Crippen LogP contribution in [-0.4, -0.2) is 51.8 Å². The number of rotatable bonds is 8. The lowest BCUT2D eigenvalue weighted by Gasteiger charge is -2.21. The number of nitrogens with one attached hydrogen (secondary N) is 1. The number of guanidine groups is 1. The molecule has 0 aliphatic rings. The number of hydrogen-bond donors (Lipinski definition) is 1. The monoisotopic (exact) mass is 421 g/mol. The Hall–Kier alpha value is -1.18. The summed E-state index contributed by atoms with van der Waals surface area (Å²) in [6.07, 6.45) is 2.35. The molecule has 0 aromatic heterocycles. The zero-order chi connectivity index (χ0) is 15.5. The lowest BCUT2D eigenvalue weighted by molar-refractivity contribution is 0.318. The van der Waals surface area contributed by atoms with E-state index in [1.807, 2.05) is 24.3 Å². The molecule has 126 valence electrons. The van der Waals surface area contributed by atoms with E-state index in [1.54, 1.807) is 14.2 Å². The van der Waals surface area contributed by atoms with Gasteiger partial charge < -0.3 is 19.7 Å². The highest BCUT2D eigenvalue weighted by molar-refractivity contribution is 14.0. The zero-order valence-corrected chi connectivity index (χ0v) is 16.3. The van der Waals surface area contributed by atoms with Crippen molar-refractivity contribution >= 4 is 29.9 Å². The smallest absolute Gasteiger partial charge is 0.193 e. The van der Waals surface area contributed by atoms with Crippen LogP contribution in [0.4, 0.5) is 0 Å². The number of methoxy groups -OCH3 is 1. The summed E-state index contributed by atoms with van der Waals surface area (Å²) in [5, 5.41) is 3.30. The van der Waals surface area contributed by atoms with Crippen LogP contribution in [0.5, 0.6) is 11.5 Å². The van der Waals surface area contributed by atoms with Gasteiger partial charge in [0.2, 0.25) is 0 Å². The molecule has 0 saturated carbocycles. The Labute approximate surface area is 151 Å². The number of ether oxygens (including phenoxy) is 2. The number of aliphatic imine (C=N–C) groups is 1. The molecule has 0 bridgehead atoms. The number of halogens is 1. The molecule has 22 heavy (non-hydrogen) atoms. The first-order valence-electron chi connectivity index (χ1n) is 7.40. The van der Waals surface area contributed by atoms with Gasteiger partial charge in [0.1, 0.15) is 18.1 Å². The van der Waals surface area contributed by atoms with Gasteiger partial charge >= 0.3 is 0 Å². The third-order valence-electron chi connectivity index (χ3n) is 3.13. The molecule has 1 N–H and O–H groups in total. The third-order valence-corrected chi connectivity index (χ3v) is 3.13. The summed E-state index contributed by atoms with van der Waals surface area (Å²) < 4.78 is 10.8. The predicted molar refractivity (Wildman–Crippen MR) is 103 cm³/mol. The molecule has 0 heterocycles. The fourth-order valence-electron chi connectivity index (χ4n) is 1.89. The van der Waals surface area contributed by atoms with E-state index in [0.29, 0.717) is 6.61 Å². The quantitative estimate of drug-likeness (QED) is 0.304. The fourth-order valence-corrected chi connectivity index (χ4v) is 1.89. The van der Waals surface area contributed by atoms with Crippen molar-refractivity contribution in [3.05, 3.63) is 24.3 Å². The minimum atomic E-state index is 0. The zero-order valence-electron chi connectivity index (χ0n) is 14.0. The molecule has 1 aromatic carbocycles. The standard InChI is InChI=1S/C16H27N3O2.HI/c1-5-6-12-19(3)16(17-2)18-11-13-21-15-9-7-14(20-4)8-10-15;/h7-10H,5-6,11-13H2,1-4H3,(H,17,18);1H. The molecule has 1 rings (SSSR count). The first kappa shape index (κ1) is 20.8. The number of benzene rings is 1. The summed E-state index contributed by atoms with van der Waals surface area (Å²) in [6, 6.07) is 7.59. The summed E-state index contributed by atoms with van der Waals surface area (Å²) >= 11 is 0. The van der Waals surface area contributed by atoms with Gasteiger partial charge in [-0.15, -0.1) is 24.0 Å². The molecule has 0 saturated heterocycles. The largest absolute Gasteiger partial charge is 0.497 e. The van der Waals surface area contributed by atoms with Crippen molar-refractivity contribution in [2.75, 3.05) is 40.9 Å².